The molecule has 0 heterocycles. The van der Waals surface area contributed by atoms with Crippen molar-refractivity contribution < 1.29 is 19.7 Å². The highest BCUT2D eigenvalue weighted by Gasteiger charge is 2.19. The predicted molar refractivity (Wildman–Crippen MR) is 64.9 cm³/mol. The van der Waals surface area contributed by atoms with Crippen molar-refractivity contribution in [1.82, 2.24) is 0 Å². The standard InChI is InChI=1S/C12H15ClO4/c1-6(12(15)16)4-8-5-9(13)7(2)11(17-3)10(8)14/h5-6,14H,4H2,1-3H3,(H,15,16). The van der Waals surface area contributed by atoms with E-state index in [0.29, 0.717) is 21.9 Å². The Balaban J connectivity index is 3.17. The molecule has 0 spiro atoms. The van der Waals surface area contributed by atoms with Crippen LogP contribution in [-0.2, 0) is 11.2 Å². The minimum absolute atomic E-state index is 0.0394. The molecule has 0 saturated heterocycles. The molecule has 0 aromatic heterocycles. The molecular formula is C12H15ClO4. The van der Waals surface area contributed by atoms with Crippen LogP contribution in [-0.4, -0.2) is 23.3 Å². The SMILES string of the molecule is COc1c(C)c(Cl)cc(CC(C)C(=O)O)c1O. The Morgan fingerprint density at radius 1 is 1.59 bits per heavy atom. The Morgan fingerprint density at radius 3 is 2.65 bits per heavy atom. The molecule has 1 atom stereocenters. The van der Waals surface area contributed by atoms with E-state index in [1.165, 1.54) is 7.11 Å². The second-order valence-electron chi connectivity index (χ2n) is 3.97. The average molecular weight is 259 g/mol. The van der Waals surface area contributed by atoms with Crippen LogP contribution in [0.4, 0.5) is 0 Å². The van der Waals surface area contributed by atoms with Crippen LogP contribution in [0.1, 0.15) is 18.1 Å². The number of aliphatic carboxylic acids is 1. The smallest absolute Gasteiger partial charge is 0.306 e. The van der Waals surface area contributed by atoms with Gasteiger partial charge in [0.2, 0.25) is 0 Å². The quantitative estimate of drug-likeness (QED) is 0.871. The molecule has 1 aromatic rings. The van der Waals surface area contributed by atoms with Crippen LogP contribution < -0.4 is 4.74 Å². The second-order valence-corrected chi connectivity index (χ2v) is 4.37. The summed E-state index contributed by atoms with van der Waals surface area (Å²) in [4.78, 5) is 10.8. The first-order valence-electron chi connectivity index (χ1n) is 5.16. The average Bonchev–Trinajstić information content (AvgIpc) is 2.26. The number of benzene rings is 1. The molecule has 1 unspecified atom stereocenters. The molecule has 1 rings (SSSR count). The summed E-state index contributed by atoms with van der Waals surface area (Å²) in [5, 5.41) is 19.2. The van der Waals surface area contributed by atoms with Gasteiger partial charge in [-0.3, -0.25) is 4.79 Å². The maximum atomic E-state index is 10.8. The van der Waals surface area contributed by atoms with Crippen LogP contribution in [0, 0.1) is 12.8 Å². The minimum atomic E-state index is -0.917. The van der Waals surface area contributed by atoms with E-state index in [1.54, 1.807) is 19.9 Å². The van der Waals surface area contributed by atoms with Crippen LogP contribution in [0.15, 0.2) is 6.07 Å². The first-order valence-corrected chi connectivity index (χ1v) is 5.54. The zero-order chi connectivity index (χ0) is 13.2. The fourth-order valence-corrected chi connectivity index (χ4v) is 1.80. The van der Waals surface area contributed by atoms with Crippen molar-refractivity contribution in [1.29, 1.82) is 0 Å². The minimum Gasteiger partial charge on any atom is -0.504 e. The van der Waals surface area contributed by atoms with Crippen molar-refractivity contribution in [2.45, 2.75) is 20.3 Å². The molecule has 0 fully saturated rings. The van der Waals surface area contributed by atoms with Gasteiger partial charge < -0.3 is 14.9 Å². The molecule has 5 heteroatoms. The lowest BCUT2D eigenvalue weighted by atomic mass is 9.98. The lowest BCUT2D eigenvalue weighted by Gasteiger charge is -2.14. The van der Waals surface area contributed by atoms with E-state index in [4.69, 9.17) is 21.4 Å². The monoisotopic (exact) mass is 258 g/mol. The number of carboxylic acid groups (broad SMARTS) is 1. The highest BCUT2D eigenvalue weighted by Crippen LogP contribution is 2.38. The van der Waals surface area contributed by atoms with E-state index in [1.807, 2.05) is 0 Å². The number of aromatic hydroxyl groups is 1. The fraction of sp³-hybridized carbons (Fsp3) is 0.417. The first kappa shape index (κ1) is 13.6. The summed E-state index contributed by atoms with van der Waals surface area (Å²) in [6.07, 6.45) is 0.206. The number of hydrogen-bond donors (Lipinski definition) is 2. The highest BCUT2D eigenvalue weighted by atomic mass is 35.5. The van der Waals surface area contributed by atoms with E-state index in [2.05, 4.69) is 0 Å². The number of ether oxygens (including phenoxy) is 1. The second kappa shape index (κ2) is 5.27. The van der Waals surface area contributed by atoms with Gasteiger partial charge in [-0.1, -0.05) is 18.5 Å². The largest absolute Gasteiger partial charge is 0.504 e. The number of methoxy groups -OCH3 is 1. The van der Waals surface area contributed by atoms with Gasteiger partial charge in [0.05, 0.1) is 13.0 Å². The van der Waals surface area contributed by atoms with Crippen LogP contribution in [0.5, 0.6) is 11.5 Å². The topological polar surface area (TPSA) is 66.8 Å². The van der Waals surface area contributed by atoms with Crippen LogP contribution in [0.3, 0.4) is 0 Å². The summed E-state index contributed by atoms with van der Waals surface area (Å²) in [5.74, 6) is -1.25. The molecule has 0 bridgehead atoms. The number of carbonyl (C=O) groups is 1. The van der Waals surface area contributed by atoms with Gasteiger partial charge in [-0.15, -0.1) is 0 Å². The third-order valence-electron chi connectivity index (χ3n) is 2.67. The van der Waals surface area contributed by atoms with Crippen molar-refractivity contribution in [3.63, 3.8) is 0 Å². The number of phenols is 1. The lowest BCUT2D eigenvalue weighted by molar-refractivity contribution is -0.141. The van der Waals surface area contributed by atoms with Gasteiger partial charge >= 0.3 is 5.97 Å². The first-order chi connectivity index (χ1) is 7.88. The van der Waals surface area contributed by atoms with E-state index < -0.39 is 11.9 Å². The molecule has 0 saturated carbocycles. The Labute approximate surface area is 105 Å². The number of halogens is 1. The van der Waals surface area contributed by atoms with Gasteiger partial charge in [0.25, 0.3) is 0 Å². The van der Waals surface area contributed by atoms with Crippen molar-refractivity contribution in [3.8, 4) is 11.5 Å². The zero-order valence-electron chi connectivity index (χ0n) is 9.95. The summed E-state index contributed by atoms with van der Waals surface area (Å²) in [7, 11) is 1.43. The Kier molecular flexibility index (Phi) is 4.23. The number of carboxylic acids is 1. The van der Waals surface area contributed by atoms with E-state index >= 15 is 0 Å². The number of hydrogen-bond acceptors (Lipinski definition) is 3. The molecule has 4 nitrogen and oxygen atoms in total. The molecule has 1 aromatic carbocycles. The van der Waals surface area contributed by atoms with Gasteiger partial charge in [-0.05, 0) is 19.4 Å². The number of rotatable bonds is 4. The van der Waals surface area contributed by atoms with Crippen LogP contribution in [0.2, 0.25) is 5.02 Å². The molecular weight excluding hydrogens is 244 g/mol. The number of phenolic OH excluding ortho intramolecular Hbond substituents is 1. The van der Waals surface area contributed by atoms with Crippen molar-refractivity contribution >= 4 is 17.6 Å². The third kappa shape index (κ3) is 2.82. The van der Waals surface area contributed by atoms with Crippen LogP contribution in [0.25, 0.3) is 0 Å². The summed E-state index contributed by atoms with van der Waals surface area (Å²) in [5.41, 5.74) is 1.12. The molecule has 0 aliphatic rings. The van der Waals surface area contributed by atoms with Gasteiger partial charge in [0.15, 0.2) is 11.5 Å². The molecule has 94 valence electrons. The van der Waals surface area contributed by atoms with E-state index in [9.17, 15) is 9.90 Å². The van der Waals surface area contributed by atoms with Crippen molar-refractivity contribution in [2.75, 3.05) is 7.11 Å². The normalized spacial score (nSPS) is 12.2. The fourth-order valence-electron chi connectivity index (χ4n) is 1.58. The van der Waals surface area contributed by atoms with Crippen LogP contribution >= 0.6 is 11.6 Å². The third-order valence-corrected chi connectivity index (χ3v) is 3.06. The maximum Gasteiger partial charge on any atom is 0.306 e. The van der Waals surface area contributed by atoms with Gasteiger partial charge in [-0.2, -0.15) is 0 Å². The molecule has 0 amide bonds. The highest BCUT2D eigenvalue weighted by molar-refractivity contribution is 6.31. The molecule has 17 heavy (non-hydrogen) atoms. The summed E-state index contributed by atoms with van der Waals surface area (Å²) >= 11 is 5.99. The molecule has 0 aliphatic carbocycles. The van der Waals surface area contributed by atoms with Crippen molar-refractivity contribution in [2.24, 2.45) is 5.92 Å². The summed E-state index contributed by atoms with van der Waals surface area (Å²) < 4.78 is 5.06. The maximum absolute atomic E-state index is 10.8. The predicted octanol–water partition coefficient (Wildman–Crippen LogP) is 2.63. The van der Waals surface area contributed by atoms with Gasteiger partial charge in [0.1, 0.15) is 0 Å². The summed E-state index contributed by atoms with van der Waals surface area (Å²) in [6.45, 7) is 3.30. The molecule has 2 N–H and O–H groups in total. The van der Waals surface area contributed by atoms with E-state index in [-0.39, 0.29) is 12.2 Å². The van der Waals surface area contributed by atoms with Crippen molar-refractivity contribution in [3.05, 3.63) is 22.2 Å². The van der Waals surface area contributed by atoms with Gasteiger partial charge in [0, 0.05) is 16.1 Å². The van der Waals surface area contributed by atoms with E-state index in [0.717, 1.165) is 0 Å². The zero-order valence-corrected chi connectivity index (χ0v) is 10.7. The van der Waals surface area contributed by atoms with Gasteiger partial charge in [-0.25, -0.2) is 0 Å². The Morgan fingerprint density at radius 2 is 2.18 bits per heavy atom. The Hall–Kier alpha value is -1.42. The summed E-state index contributed by atoms with van der Waals surface area (Å²) in [6, 6.07) is 1.58. The lowest BCUT2D eigenvalue weighted by Crippen LogP contribution is -2.12. The Bertz CT molecular complexity index is 443. The molecule has 0 aliphatic heterocycles. The molecule has 0 radical (unpaired) electrons.